The maximum Gasteiger partial charge on any atom is 0.0540 e. The zero-order chi connectivity index (χ0) is 50.4. The topological polar surface area (TPSA) is 6.48 Å². The predicted octanol–water partition coefficient (Wildman–Crippen LogP) is 21.1. The molecule has 0 aliphatic rings. The number of fused-ring (bicyclic) bond motifs is 5. The van der Waals surface area contributed by atoms with Gasteiger partial charge in [0.25, 0.3) is 0 Å². The molecule has 0 heterocycles. The lowest BCUT2D eigenvalue weighted by atomic mass is 9.84. The molecule has 0 spiro atoms. The van der Waals surface area contributed by atoms with E-state index in [-0.39, 0.29) is 0 Å². The summed E-state index contributed by atoms with van der Waals surface area (Å²) in [6.07, 6.45) is 0. The van der Waals surface area contributed by atoms with Crippen LogP contribution in [0.5, 0.6) is 0 Å². The highest BCUT2D eigenvalue weighted by atomic mass is 15.1. The van der Waals surface area contributed by atoms with Crippen molar-refractivity contribution in [3.05, 3.63) is 303 Å². The van der Waals surface area contributed by atoms with E-state index in [0.717, 1.165) is 45.3 Å². The summed E-state index contributed by atoms with van der Waals surface area (Å²) in [6, 6.07) is 111. The zero-order valence-corrected chi connectivity index (χ0v) is 41.8. The van der Waals surface area contributed by atoms with Gasteiger partial charge in [-0.15, -0.1) is 0 Å². The second-order valence-electron chi connectivity index (χ2n) is 19.6. The van der Waals surface area contributed by atoms with Crippen LogP contribution >= 0.6 is 0 Å². The molecular formula is C74H50N2. The van der Waals surface area contributed by atoms with Crippen LogP contribution in [0.3, 0.4) is 0 Å². The molecule has 0 bridgehead atoms. The molecule has 0 amide bonds. The highest BCUT2D eigenvalue weighted by Gasteiger charge is 2.23. The summed E-state index contributed by atoms with van der Waals surface area (Å²) < 4.78 is 0. The molecule has 76 heavy (non-hydrogen) atoms. The Bertz CT molecular complexity index is 4380. The molecule has 0 saturated carbocycles. The van der Waals surface area contributed by atoms with Crippen LogP contribution in [0.2, 0.25) is 0 Å². The molecule has 0 aromatic heterocycles. The fourth-order valence-electron chi connectivity index (χ4n) is 11.7. The highest BCUT2D eigenvalue weighted by Crippen LogP contribution is 2.49. The molecule has 14 aromatic carbocycles. The van der Waals surface area contributed by atoms with Gasteiger partial charge in [0.1, 0.15) is 0 Å². The fraction of sp³-hybridized carbons (Fsp3) is 0. The first-order valence-corrected chi connectivity index (χ1v) is 26.2. The quantitative estimate of drug-likeness (QED) is 0.126. The largest absolute Gasteiger partial charge is 0.310 e. The van der Waals surface area contributed by atoms with Gasteiger partial charge in [-0.1, -0.05) is 237 Å². The standard InChI is InChI=1S/C74H50N2/c1-4-25-58(26-5-1)75(59-27-6-2-7-28-59)61-45-47-68-70(49-61)73(56-41-37-54(38-42-56)65-34-16-22-51-19-10-13-31-63(51)65)69-48-46-62(76(60-29-8-3-9-30-60)72-36-18-24-53-21-12-15-33-67(53)72)50-71(69)74(68)57-43-39-55(40-44-57)66-35-17-23-52-20-11-14-32-64(52)66/h1-50H. The van der Waals surface area contributed by atoms with Crippen LogP contribution in [0, 0.1) is 0 Å². The third-order valence-corrected chi connectivity index (χ3v) is 15.2. The van der Waals surface area contributed by atoms with Gasteiger partial charge in [-0.2, -0.15) is 0 Å². The fourth-order valence-corrected chi connectivity index (χ4v) is 11.7. The molecule has 0 aliphatic heterocycles. The number of nitrogens with zero attached hydrogens (tertiary/aromatic N) is 2. The van der Waals surface area contributed by atoms with Gasteiger partial charge in [0.2, 0.25) is 0 Å². The first-order valence-electron chi connectivity index (χ1n) is 26.2. The van der Waals surface area contributed by atoms with Gasteiger partial charge in [0, 0.05) is 33.8 Å². The second-order valence-corrected chi connectivity index (χ2v) is 19.6. The Kier molecular flexibility index (Phi) is 11.2. The summed E-state index contributed by atoms with van der Waals surface area (Å²) in [5.41, 5.74) is 16.1. The lowest BCUT2D eigenvalue weighted by Crippen LogP contribution is -2.10. The van der Waals surface area contributed by atoms with Gasteiger partial charge < -0.3 is 9.80 Å². The van der Waals surface area contributed by atoms with Gasteiger partial charge in [-0.3, -0.25) is 0 Å². The summed E-state index contributed by atoms with van der Waals surface area (Å²) >= 11 is 0. The van der Waals surface area contributed by atoms with Gasteiger partial charge in [0.05, 0.1) is 5.69 Å². The Morgan fingerprint density at radius 3 is 0.987 bits per heavy atom. The number of hydrogen-bond donors (Lipinski definition) is 0. The Balaban J connectivity index is 1.06. The van der Waals surface area contributed by atoms with E-state index in [1.165, 1.54) is 87.2 Å². The number of anilines is 6. The highest BCUT2D eigenvalue weighted by molar-refractivity contribution is 6.23. The molecule has 0 atom stereocenters. The van der Waals surface area contributed by atoms with Crippen molar-refractivity contribution in [1.29, 1.82) is 0 Å². The smallest absolute Gasteiger partial charge is 0.0540 e. The minimum atomic E-state index is 1.08. The molecule has 0 saturated heterocycles. The number of para-hydroxylation sites is 3. The monoisotopic (exact) mass is 966 g/mol. The molecule has 0 N–H and O–H groups in total. The molecule has 2 nitrogen and oxygen atoms in total. The first-order chi connectivity index (χ1) is 37.7. The molecule has 356 valence electrons. The third-order valence-electron chi connectivity index (χ3n) is 15.2. The van der Waals surface area contributed by atoms with Crippen molar-refractivity contribution in [3.63, 3.8) is 0 Å². The summed E-state index contributed by atoms with van der Waals surface area (Å²) in [5.74, 6) is 0. The Morgan fingerprint density at radius 2 is 0.526 bits per heavy atom. The van der Waals surface area contributed by atoms with Crippen LogP contribution in [0.1, 0.15) is 0 Å². The molecule has 0 fully saturated rings. The van der Waals surface area contributed by atoms with Crippen molar-refractivity contribution in [1.82, 2.24) is 0 Å². The van der Waals surface area contributed by atoms with Crippen molar-refractivity contribution < 1.29 is 0 Å². The molecule has 14 aromatic rings. The number of hydrogen-bond acceptors (Lipinski definition) is 2. The Labute approximate surface area is 443 Å². The lowest BCUT2D eigenvalue weighted by molar-refractivity contribution is 1.29. The maximum atomic E-state index is 2.44. The lowest BCUT2D eigenvalue weighted by Gasteiger charge is -2.28. The van der Waals surface area contributed by atoms with Gasteiger partial charge in [0.15, 0.2) is 0 Å². The summed E-state index contributed by atoms with van der Waals surface area (Å²) in [7, 11) is 0. The summed E-state index contributed by atoms with van der Waals surface area (Å²) in [4.78, 5) is 4.80. The van der Waals surface area contributed by atoms with E-state index in [1.54, 1.807) is 0 Å². The maximum absolute atomic E-state index is 2.44. The molecule has 2 heteroatoms. The molecule has 0 unspecified atom stereocenters. The van der Waals surface area contributed by atoms with E-state index in [4.69, 9.17) is 0 Å². The van der Waals surface area contributed by atoms with E-state index < -0.39 is 0 Å². The second kappa shape index (κ2) is 19.1. The average molecular weight is 967 g/mol. The third kappa shape index (κ3) is 7.92. The van der Waals surface area contributed by atoms with Crippen molar-refractivity contribution in [3.8, 4) is 44.5 Å². The van der Waals surface area contributed by atoms with E-state index in [2.05, 4.69) is 313 Å². The Hall–Kier alpha value is -10.0. The van der Waals surface area contributed by atoms with Crippen LogP contribution < -0.4 is 9.80 Å². The van der Waals surface area contributed by atoms with Crippen molar-refractivity contribution in [2.75, 3.05) is 9.80 Å². The summed E-state index contributed by atoms with van der Waals surface area (Å²) in [5, 5.41) is 12.1. The Morgan fingerprint density at radius 1 is 0.184 bits per heavy atom. The molecule has 0 aliphatic carbocycles. The van der Waals surface area contributed by atoms with Crippen LogP contribution in [0.15, 0.2) is 303 Å². The SMILES string of the molecule is c1ccc(N(c2ccccc2)c2ccc3c(-c4ccc(-c5cccc6ccccc56)cc4)c4cc(N(c5ccccc5)c5cccc6ccccc56)ccc4c(-c4ccc(-c5cccc6ccccc56)cc4)c3c2)cc1. The molecular weight excluding hydrogens is 917 g/mol. The first kappa shape index (κ1) is 44.7. The normalized spacial score (nSPS) is 11.4. The number of rotatable bonds is 10. The van der Waals surface area contributed by atoms with Crippen LogP contribution in [0.25, 0.3) is 98.4 Å². The van der Waals surface area contributed by atoms with E-state index >= 15 is 0 Å². The minimum absolute atomic E-state index is 1.08. The van der Waals surface area contributed by atoms with Crippen LogP contribution in [-0.4, -0.2) is 0 Å². The van der Waals surface area contributed by atoms with E-state index in [0.29, 0.717) is 0 Å². The van der Waals surface area contributed by atoms with Crippen molar-refractivity contribution >= 4 is 88.0 Å². The van der Waals surface area contributed by atoms with Crippen molar-refractivity contribution in [2.24, 2.45) is 0 Å². The zero-order valence-electron chi connectivity index (χ0n) is 41.8. The predicted molar refractivity (Wildman–Crippen MR) is 325 cm³/mol. The molecule has 0 radical (unpaired) electrons. The number of benzene rings is 14. The average Bonchev–Trinajstić information content (AvgIpc) is 3.58. The van der Waals surface area contributed by atoms with Gasteiger partial charge in [-0.25, -0.2) is 0 Å². The van der Waals surface area contributed by atoms with Crippen molar-refractivity contribution in [2.45, 2.75) is 0 Å². The van der Waals surface area contributed by atoms with Gasteiger partial charge >= 0.3 is 0 Å². The van der Waals surface area contributed by atoms with Gasteiger partial charge in [-0.05, 0) is 160 Å². The summed E-state index contributed by atoms with van der Waals surface area (Å²) in [6.45, 7) is 0. The van der Waals surface area contributed by atoms with E-state index in [9.17, 15) is 0 Å². The van der Waals surface area contributed by atoms with E-state index in [1.807, 2.05) is 0 Å². The minimum Gasteiger partial charge on any atom is -0.310 e. The van der Waals surface area contributed by atoms with Crippen LogP contribution in [0.4, 0.5) is 34.1 Å². The van der Waals surface area contributed by atoms with Crippen LogP contribution in [-0.2, 0) is 0 Å². The molecule has 14 rings (SSSR count).